The summed E-state index contributed by atoms with van der Waals surface area (Å²) in [5.41, 5.74) is -0.428. The summed E-state index contributed by atoms with van der Waals surface area (Å²) in [5.74, 6) is 0. The summed E-state index contributed by atoms with van der Waals surface area (Å²) in [6.07, 6.45) is 4.34. The van der Waals surface area contributed by atoms with Gasteiger partial charge in [0.15, 0.2) is 0 Å². The Morgan fingerprint density at radius 3 is 2.44 bits per heavy atom. The third-order valence-corrected chi connectivity index (χ3v) is 2.47. The predicted octanol–water partition coefficient (Wildman–Crippen LogP) is 3.07. The SMILES string of the molecule is CCCCCNCCC(C)NC(=O)OC(C)(C)C. The molecule has 1 atom stereocenters. The minimum atomic E-state index is -0.428. The number of carbonyl (C=O) groups is 1. The number of alkyl carbamates (subject to hydrolysis) is 1. The normalized spacial score (nSPS) is 13.2. The first-order chi connectivity index (χ1) is 8.35. The van der Waals surface area contributed by atoms with E-state index in [1.165, 1.54) is 19.3 Å². The molecule has 0 aliphatic rings. The highest BCUT2D eigenvalue weighted by atomic mass is 16.6. The largest absolute Gasteiger partial charge is 0.444 e. The minimum Gasteiger partial charge on any atom is -0.444 e. The molecule has 18 heavy (non-hydrogen) atoms. The van der Waals surface area contributed by atoms with Crippen LogP contribution in [0.15, 0.2) is 0 Å². The molecule has 0 rings (SSSR count). The van der Waals surface area contributed by atoms with Gasteiger partial charge in [-0.3, -0.25) is 0 Å². The zero-order valence-electron chi connectivity index (χ0n) is 12.6. The van der Waals surface area contributed by atoms with Gasteiger partial charge >= 0.3 is 6.09 Å². The Balaban J connectivity index is 3.53. The number of hydrogen-bond donors (Lipinski definition) is 2. The van der Waals surface area contributed by atoms with Gasteiger partial charge in [-0.25, -0.2) is 4.79 Å². The van der Waals surface area contributed by atoms with Crippen molar-refractivity contribution in [3.8, 4) is 0 Å². The number of nitrogens with one attached hydrogen (secondary N) is 2. The van der Waals surface area contributed by atoms with Crippen LogP contribution in [0.3, 0.4) is 0 Å². The van der Waals surface area contributed by atoms with E-state index in [4.69, 9.17) is 4.74 Å². The molecule has 0 saturated heterocycles. The van der Waals surface area contributed by atoms with Crippen molar-refractivity contribution in [3.63, 3.8) is 0 Å². The summed E-state index contributed by atoms with van der Waals surface area (Å²) in [6, 6.07) is 0.138. The first-order valence-electron chi connectivity index (χ1n) is 7.05. The lowest BCUT2D eigenvalue weighted by Crippen LogP contribution is -2.39. The molecule has 4 nitrogen and oxygen atoms in total. The van der Waals surface area contributed by atoms with Crippen LogP contribution in [0.1, 0.15) is 60.3 Å². The summed E-state index contributed by atoms with van der Waals surface area (Å²) >= 11 is 0. The molecular formula is C14H30N2O2. The van der Waals surface area contributed by atoms with Crippen LogP contribution in [0.25, 0.3) is 0 Å². The van der Waals surface area contributed by atoms with Gasteiger partial charge in [0.05, 0.1) is 0 Å². The molecule has 0 bridgehead atoms. The highest BCUT2D eigenvalue weighted by Crippen LogP contribution is 2.06. The molecule has 0 radical (unpaired) electrons. The van der Waals surface area contributed by atoms with Crippen LogP contribution in [0.2, 0.25) is 0 Å². The van der Waals surface area contributed by atoms with Crippen molar-refractivity contribution in [2.24, 2.45) is 0 Å². The topological polar surface area (TPSA) is 50.4 Å². The predicted molar refractivity (Wildman–Crippen MR) is 75.8 cm³/mol. The van der Waals surface area contributed by atoms with Crippen LogP contribution in [-0.4, -0.2) is 30.8 Å². The van der Waals surface area contributed by atoms with Crippen molar-refractivity contribution < 1.29 is 9.53 Å². The molecular weight excluding hydrogens is 228 g/mol. The van der Waals surface area contributed by atoms with Gasteiger partial charge in [0.25, 0.3) is 0 Å². The second kappa shape index (κ2) is 9.20. The molecule has 0 spiro atoms. The van der Waals surface area contributed by atoms with E-state index in [-0.39, 0.29) is 12.1 Å². The van der Waals surface area contributed by atoms with Crippen molar-refractivity contribution in [2.45, 2.75) is 71.9 Å². The minimum absolute atomic E-state index is 0.138. The van der Waals surface area contributed by atoms with Gasteiger partial charge in [0.1, 0.15) is 5.60 Å². The number of hydrogen-bond acceptors (Lipinski definition) is 3. The Kier molecular flexibility index (Phi) is 8.81. The lowest BCUT2D eigenvalue weighted by molar-refractivity contribution is 0.0506. The number of unbranched alkanes of at least 4 members (excludes halogenated alkanes) is 2. The van der Waals surface area contributed by atoms with E-state index in [9.17, 15) is 4.79 Å². The summed E-state index contributed by atoms with van der Waals surface area (Å²) in [6.45, 7) is 11.8. The van der Waals surface area contributed by atoms with E-state index in [2.05, 4.69) is 17.6 Å². The van der Waals surface area contributed by atoms with Crippen LogP contribution in [-0.2, 0) is 4.74 Å². The third-order valence-electron chi connectivity index (χ3n) is 2.47. The van der Waals surface area contributed by atoms with Crippen molar-refractivity contribution >= 4 is 6.09 Å². The fraction of sp³-hybridized carbons (Fsp3) is 0.929. The second-order valence-corrected chi connectivity index (χ2v) is 5.79. The summed E-state index contributed by atoms with van der Waals surface area (Å²) in [5, 5.41) is 6.22. The summed E-state index contributed by atoms with van der Waals surface area (Å²) in [4.78, 5) is 11.5. The third kappa shape index (κ3) is 11.7. The molecule has 1 amide bonds. The number of rotatable bonds is 8. The molecule has 2 N–H and O–H groups in total. The van der Waals surface area contributed by atoms with Crippen LogP contribution >= 0.6 is 0 Å². The fourth-order valence-corrected chi connectivity index (χ4v) is 1.52. The van der Waals surface area contributed by atoms with Gasteiger partial charge in [-0.1, -0.05) is 19.8 Å². The summed E-state index contributed by atoms with van der Waals surface area (Å²) < 4.78 is 5.20. The Morgan fingerprint density at radius 1 is 1.22 bits per heavy atom. The van der Waals surface area contributed by atoms with Gasteiger partial charge in [0.2, 0.25) is 0 Å². The Morgan fingerprint density at radius 2 is 1.89 bits per heavy atom. The Labute approximate surface area is 112 Å². The molecule has 1 unspecified atom stereocenters. The first-order valence-corrected chi connectivity index (χ1v) is 7.05. The molecule has 108 valence electrons. The highest BCUT2D eigenvalue weighted by molar-refractivity contribution is 5.67. The standard InChI is InChI=1S/C14H30N2O2/c1-6-7-8-10-15-11-9-12(2)16-13(17)18-14(3,4)5/h12,15H,6-11H2,1-5H3,(H,16,17). The average molecular weight is 258 g/mol. The van der Waals surface area contributed by atoms with Crippen LogP contribution in [0, 0.1) is 0 Å². The van der Waals surface area contributed by atoms with Gasteiger partial charge in [-0.15, -0.1) is 0 Å². The van der Waals surface area contributed by atoms with Crippen molar-refractivity contribution in [1.29, 1.82) is 0 Å². The Hall–Kier alpha value is -0.770. The van der Waals surface area contributed by atoms with E-state index in [0.717, 1.165) is 19.5 Å². The highest BCUT2D eigenvalue weighted by Gasteiger charge is 2.17. The lowest BCUT2D eigenvalue weighted by atomic mass is 10.2. The molecule has 0 saturated carbocycles. The molecule has 0 aliphatic carbocycles. The van der Waals surface area contributed by atoms with Crippen LogP contribution in [0.5, 0.6) is 0 Å². The zero-order valence-corrected chi connectivity index (χ0v) is 12.6. The molecule has 0 aromatic carbocycles. The van der Waals surface area contributed by atoms with Gasteiger partial charge < -0.3 is 15.4 Å². The van der Waals surface area contributed by atoms with Crippen LogP contribution < -0.4 is 10.6 Å². The average Bonchev–Trinajstić information content (AvgIpc) is 2.20. The maximum atomic E-state index is 11.5. The summed E-state index contributed by atoms with van der Waals surface area (Å²) in [7, 11) is 0. The van der Waals surface area contributed by atoms with E-state index >= 15 is 0 Å². The second-order valence-electron chi connectivity index (χ2n) is 5.79. The van der Waals surface area contributed by atoms with Crippen molar-refractivity contribution in [1.82, 2.24) is 10.6 Å². The maximum Gasteiger partial charge on any atom is 0.407 e. The van der Waals surface area contributed by atoms with Crippen molar-refractivity contribution in [3.05, 3.63) is 0 Å². The number of ether oxygens (including phenoxy) is 1. The van der Waals surface area contributed by atoms with E-state index < -0.39 is 5.60 Å². The number of carbonyl (C=O) groups excluding carboxylic acids is 1. The monoisotopic (exact) mass is 258 g/mol. The molecule has 0 heterocycles. The smallest absolute Gasteiger partial charge is 0.407 e. The van der Waals surface area contributed by atoms with E-state index in [1.807, 2.05) is 27.7 Å². The van der Waals surface area contributed by atoms with Crippen molar-refractivity contribution in [2.75, 3.05) is 13.1 Å². The number of amides is 1. The maximum absolute atomic E-state index is 11.5. The van der Waals surface area contributed by atoms with Crippen LogP contribution in [0.4, 0.5) is 4.79 Å². The Bertz CT molecular complexity index is 224. The van der Waals surface area contributed by atoms with E-state index in [1.54, 1.807) is 0 Å². The quantitative estimate of drug-likeness (QED) is 0.658. The zero-order chi connectivity index (χ0) is 14.0. The molecule has 0 fully saturated rings. The van der Waals surface area contributed by atoms with Gasteiger partial charge in [-0.2, -0.15) is 0 Å². The lowest BCUT2D eigenvalue weighted by Gasteiger charge is -2.22. The van der Waals surface area contributed by atoms with E-state index in [0.29, 0.717) is 0 Å². The molecule has 0 aromatic heterocycles. The first kappa shape index (κ1) is 17.2. The molecule has 4 heteroatoms. The molecule has 0 aromatic rings. The molecule has 0 aliphatic heterocycles. The van der Waals surface area contributed by atoms with Gasteiger partial charge in [0, 0.05) is 6.04 Å². The van der Waals surface area contributed by atoms with Gasteiger partial charge in [-0.05, 0) is 53.6 Å². The fourth-order valence-electron chi connectivity index (χ4n) is 1.52.